The zero-order chi connectivity index (χ0) is 12.8. The van der Waals surface area contributed by atoms with Gasteiger partial charge in [-0.15, -0.1) is 0 Å². The van der Waals surface area contributed by atoms with Crippen molar-refractivity contribution in [3.05, 3.63) is 0 Å². The van der Waals surface area contributed by atoms with Crippen molar-refractivity contribution < 1.29 is 9.59 Å². The van der Waals surface area contributed by atoms with Crippen LogP contribution in [0, 0.1) is 5.92 Å². The number of amides is 3. The Morgan fingerprint density at radius 3 is 2.47 bits per heavy atom. The third kappa shape index (κ3) is 4.22. The Bertz CT molecular complexity index is 281. The first-order valence-corrected chi connectivity index (χ1v) is 5.98. The van der Waals surface area contributed by atoms with E-state index in [2.05, 4.69) is 16.0 Å². The molecule has 0 aromatic carbocycles. The lowest BCUT2D eigenvalue weighted by Gasteiger charge is -2.16. The molecule has 0 aromatic rings. The maximum absolute atomic E-state index is 11.8. The minimum absolute atomic E-state index is 0.0551. The number of nitrogens with zero attached hydrogens (tertiary/aromatic N) is 1. The fourth-order valence-electron chi connectivity index (χ4n) is 1.86. The van der Waals surface area contributed by atoms with E-state index in [4.69, 9.17) is 0 Å². The highest BCUT2D eigenvalue weighted by atomic mass is 16.2. The molecule has 1 heterocycles. The Morgan fingerprint density at radius 2 is 1.94 bits per heavy atom. The Labute approximate surface area is 102 Å². The Hall–Kier alpha value is -1.30. The lowest BCUT2D eigenvalue weighted by atomic mass is 10.0. The van der Waals surface area contributed by atoms with Crippen molar-refractivity contribution in [2.75, 3.05) is 33.7 Å². The minimum Gasteiger partial charge on any atom is -0.354 e. The summed E-state index contributed by atoms with van der Waals surface area (Å²) in [5.41, 5.74) is 0. The molecule has 6 nitrogen and oxygen atoms in total. The van der Waals surface area contributed by atoms with Gasteiger partial charge >= 0.3 is 6.03 Å². The van der Waals surface area contributed by atoms with Crippen molar-refractivity contribution in [1.82, 2.24) is 20.9 Å². The molecule has 1 aliphatic heterocycles. The Balaban J connectivity index is 2.14. The van der Waals surface area contributed by atoms with Crippen molar-refractivity contribution >= 4 is 11.9 Å². The molecular formula is C11H22N4O2. The molecule has 0 spiro atoms. The molecule has 2 atom stereocenters. The lowest BCUT2D eigenvalue weighted by Crippen LogP contribution is -2.42. The van der Waals surface area contributed by atoms with Crippen molar-refractivity contribution in [1.29, 1.82) is 0 Å². The third-order valence-corrected chi connectivity index (χ3v) is 2.97. The first-order valence-electron chi connectivity index (χ1n) is 5.98. The summed E-state index contributed by atoms with van der Waals surface area (Å²) < 4.78 is 0. The van der Waals surface area contributed by atoms with Crippen LogP contribution < -0.4 is 16.0 Å². The van der Waals surface area contributed by atoms with E-state index in [0.29, 0.717) is 13.1 Å². The molecule has 6 heteroatoms. The monoisotopic (exact) mass is 242 g/mol. The van der Waals surface area contributed by atoms with Gasteiger partial charge in [-0.2, -0.15) is 0 Å². The SMILES string of the molecule is CC1NCCC1C(=O)NCCNC(=O)N(C)C. The van der Waals surface area contributed by atoms with Gasteiger partial charge in [-0.3, -0.25) is 4.79 Å². The molecule has 3 N–H and O–H groups in total. The predicted molar refractivity (Wildman–Crippen MR) is 65.7 cm³/mol. The van der Waals surface area contributed by atoms with E-state index in [1.807, 2.05) is 6.92 Å². The number of hydrogen-bond donors (Lipinski definition) is 3. The second-order valence-electron chi connectivity index (χ2n) is 4.56. The smallest absolute Gasteiger partial charge is 0.316 e. The highest BCUT2D eigenvalue weighted by molar-refractivity contribution is 5.79. The number of nitrogens with one attached hydrogen (secondary N) is 3. The minimum atomic E-state index is -0.143. The van der Waals surface area contributed by atoms with E-state index >= 15 is 0 Å². The Kier molecular flexibility index (Phi) is 5.21. The molecule has 1 aliphatic rings. The third-order valence-electron chi connectivity index (χ3n) is 2.97. The summed E-state index contributed by atoms with van der Waals surface area (Å²) in [6, 6.07) is 0.0986. The van der Waals surface area contributed by atoms with Gasteiger partial charge in [-0.1, -0.05) is 0 Å². The standard InChI is InChI=1S/C11H22N4O2/c1-8-9(4-5-12-8)10(16)13-6-7-14-11(17)15(2)3/h8-9,12H,4-7H2,1-3H3,(H,13,16)(H,14,17). The van der Waals surface area contributed by atoms with Crippen LogP contribution in [0.3, 0.4) is 0 Å². The van der Waals surface area contributed by atoms with Gasteiger partial charge < -0.3 is 20.9 Å². The van der Waals surface area contributed by atoms with Crippen molar-refractivity contribution in [2.24, 2.45) is 5.92 Å². The van der Waals surface area contributed by atoms with Crippen LogP contribution in [0.1, 0.15) is 13.3 Å². The van der Waals surface area contributed by atoms with Crippen LogP contribution in [0.4, 0.5) is 4.79 Å². The van der Waals surface area contributed by atoms with E-state index in [0.717, 1.165) is 13.0 Å². The van der Waals surface area contributed by atoms with Crippen LogP contribution >= 0.6 is 0 Å². The number of urea groups is 1. The predicted octanol–water partition coefficient (Wildman–Crippen LogP) is -0.628. The number of hydrogen-bond acceptors (Lipinski definition) is 3. The zero-order valence-electron chi connectivity index (χ0n) is 10.7. The topological polar surface area (TPSA) is 73.5 Å². The molecule has 1 saturated heterocycles. The molecule has 2 unspecified atom stereocenters. The fraction of sp³-hybridized carbons (Fsp3) is 0.818. The van der Waals surface area contributed by atoms with Gasteiger partial charge in [0.2, 0.25) is 5.91 Å². The van der Waals surface area contributed by atoms with Gasteiger partial charge in [-0.25, -0.2) is 4.79 Å². The molecule has 1 rings (SSSR count). The highest BCUT2D eigenvalue weighted by Crippen LogP contribution is 2.14. The van der Waals surface area contributed by atoms with E-state index in [1.165, 1.54) is 4.90 Å². The van der Waals surface area contributed by atoms with Crippen LogP contribution in [0.2, 0.25) is 0 Å². The van der Waals surface area contributed by atoms with Crippen LogP contribution in [0.25, 0.3) is 0 Å². The van der Waals surface area contributed by atoms with E-state index < -0.39 is 0 Å². The molecule has 0 bridgehead atoms. The summed E-state index contributed by atoms with van der Waals surface area (Å²) in [4.78, 5) is 24.4. The second kappa shape index (κ2) is 6.44. The highest BCUT2D eigenvalue weighted by Gasteiger charge is 2.28. The summed E-state index contributed by atoms with van der Waals surface area (Å²) in [6.07, 6.45) is 0.886. The van der Waals surface area contributed by atoms with Crippen molar-refractivity contribution in [2.45, 2.75) is 19.4 Å². The molecular weight excluding hydrogens is 220 g/mol. The normalized spacial score (nSPS) is 23.2. The quantitative estimate of drug-likeness (QED) is 0.575. The fourth-order valence-corrected chi connectivity index (χ4v) is 1.86. The van der Waals surface area contributed by atoms with Gasteiger partial charge in [0, 0.05) is 33.2 Å². The summed E-state index contributed by atoms with van der Waals surface area (Å²) in [7, 11) is 3.36. The summed E-state index contributed by atoms with van der Waals surface area (Å²) in [6.45, 7) is 3.85. The van der Waals surface area contributed by atoms with Gasteiger partial charge in [0.25, 0.3) is 0 Å². The first-order chi connectivity index (χ1) is 8.02. The van der Waals surface area contributed by atoms with Gasteiger partial charge in [0.15, 0.2) is 0 Å². The van der Waals surface area contributed by atoms with Gasteiger partial charge in [-0.05, 0) is 19.9 Å². The zero-order valence-corrected chi connectivity index (χ0v) is 10.7. The van der Waals surface area contributed by atoms with Crippen LogP contribution in [0.5, 0.6) is 0 Å². The summed E-state index contributed by atoms with van der Waals surface area (Å²) in [5.74, 6) is 0.126. The average Bonchev–Trinajstić information content (AvgIpc) is 2.70. The maximum Gasteiger partial charge on any atom is 0.316 e. The lowest BCUT2D eigenvalue weighted by molar-refractivity contribution is -0.125. The van der Waals surface area contributed by atoms with E-state index in [-0.39, 0.29) is 23.9 Å². The molecule has 3 amide bonds. The largest absolute Gasteiger partial charge is 0.354 e. The van der Waals surface area contributed by atoms with Crippen LogP contribution in [0.15, 0.2) is 0 Å². The van der Waals surface area contributed by atoms with E-state index in [9.17, 15) is 9.59 Å². The maximum atomic E-state index is 11.8. The summed E-state index contributed by atoms with van der Waals surface area (Å²) in [5, 5.41) is 8.77. The van der Waals surface area contributed by atoms with Crippen molar-refractivity contribution in [3.63, 3.8) is 0 Å². The Morgan fingerprint density at radius 1 is 1.29 bits per heavy atom. The molecule has 1 fully saturated rings. The number of rotatable bonds is 4. The summed E-state index contributed by atoms with van der Waals surface area (Å²) >= 11 is 0. The first kappa shape index (κ1) is 13.8. The molecule has 0 aliphatic carbocycles. The van der Waals surface area contributed by atoms with Crippen molar-refractivity contribution in [3.8, 4) is 0 Å². The van der Waals surface area contributed by atoms with Gasteiger partial charge in [0.1, 0.15) is 0 Å². The van der Waals surface area contributed by atoms with Crippen LogP contribution in [-0.2, 0) is 4.79 Å². The average molecular weight is 242 g/mol. The van der Waals surface area contributed by atoms with Gasteiger partial charge in [0.05, 0.1) is 5.92 Å². The van der Waals surface area contributed by atoms with E-state index in [1.54, 1.807) is 14.1 Å². The molecule has 0 radical (unpaired) electrons. The molecule has 17 heavy (non-hydrogen) atoms. The molecule has 0 saturated carbocycles. The van der Waals surface area contributed by atoms with Crippen LogP contribution in [-0.4, -0.2) is 56.6 Å². The second-order valence-corrected chi connectivity index (χ2v) is 4.56. The molecule has 98 valence electrons. The number of carbonyl (C=O) groups excluding carboxylic acids is 2. The molecule has 0 aromatic heterocycles. The number of carbonyl (C=O) groups is 2.